The van der Waals surface area contributed by atoms with Gasteiger partial charge in [0.25, 0.3) is 5.91 Å². The van der Waals surface area contributed by atoms with Crippen molar-refractivity contribution >= 4 is 39.1 Å². The van der Waals surface area contributed by atoms with E-state index >= 15 is 0 Å². The maximum absolute atomic E-state index is 12.2. The molecule has 2 aromatic carbocycles. The molecule has 0 heterocycles. The number of hydrogen-bond acceptors (Lipinski definition) is 3. The van der Waals surface area contributed by atoms with Crippen molar-refractivity contribution in [2.24, 2.45) is 0 Å². The quantitative estimate of drug-likeness (QED) is 0.880. The number of rotatable bonds is 4. The van der Waals surface area contributed by atoms with E-state index in [0.29, 0.717) is 22.0 Å². The Morgan fingerprint density at radius 1 is 1.33 bits per heavy atom. The second-order valence-corrected chi connectivity index (χ2v) is 5.44. The molecule has 2 aromatic rings. The SMILES string of the molecule is N#CCOc1cccc(NC(=O)c2cc(Cl)cc(Br)c2)c1. The van der Waals surface area contributed by atoms with E-state index < -0.39 is 0 Å². The molecule has 2 rings (SSSR count). The topological polar surface area (TPSA) is 62.1 Å². The standard InChI is InChI=1S/C15H10BrClN2O2/c16-11-6-10(7-12(17)8-11)15(20)19-13-2-1-3-14(9-13)21-5-4-18/h1-3,6-9H,5H2,(H,19,20). The van der Waals surface area contributed by atoms with Crippen molar-refractivity contribution in [3.8, 4) is 11.8 Å². The van der Waals surface area contributed by atoms with Gasteiger partial charge in [-0.25, -0.2) is 0 Å². The van der Waals surface area contributed by atoms with Crippen LogP contribution >= 0.6 is 27.5 Å². The Morgan fingerprint density at radius 2 is 2.14 bits per heavy atom. The summed E-state index contributed by atoms with van der Waals surface area (Å²) in [7, 11) is 0. The number of carbonyl (C=O) groups excluding carboxylic acids is 1. The Morgan fingerprint density at radius 3 is 2.86 bits per heavy atom. The lowest BCUT2D eigenvalue weighted by Gasteiger charge is -2.08. The molecule has 0 saturated heterocycles. The third-order valence-corrected chi connectivity index (χ3v) is 3.20. The summed E-state index contributed by atoms with van der Waals surface area (Å²) in [5.41, 5.74) is 1.02. The van der Waals surface area contributed by atoms with E-state index in [0.717, 1.165) is 4.47 Å². The number of carbonyl (C=O) groups is 1. The van der Waals surface area contributed by atoms with Crippen LogP contribution in [0.15, 0.2) is 46.9 Å². The molecule has 0 atom stereocenters. The predicted molar refractivity (Wildman–Crippen MR) is 84.7 cm³/mol. The highest BCUT2D eigenvalue weighted by Crippen LogP contribution is 2.22. The van der Waals surface area contributed by atoms with Crippen LogP contribution in [0.25, 0.3) is 0 Å². The van der Waals surface area contributed by atoms with Crippen LogP contribution in [0.1, 0.15) is 10.4 Å². The van der Waals surface area contributed by atoms with Gasteiger partial charge in [-0.1, -0.05) is 33.6 Å². The van der Waals surface area contributed by atoms with Crippen molar-refractivity contribution in [2.45, 2.75) is 0 Å². The van der Waals surface area contributed by atoms with E-state index in [2.05, 4.69) is 21.2 Å². The summed E-state index contributed by atoms with van der Waals surface area (Å²) in [6.45, 7) is -0.0430. The number of nitriles is 1. The van der Waals surface area contributed by atoms with Crippen LogP contribution in [0.5, 0.6) is 5.75 Å². The van der Waals surface area contributed by atoms with Crippen LogP contribution in [0.3, 0.4) is 0 Å². The summed E-state index contributed by atoms with van der Waals surface area (Å²) >= 11 is 9.21. The lowest BCUT2D eigenvalue weighted by atomic mass is 10.2. The number of hydrogen-bond donors (Lipinski definition) is 1. The van der Waals surface area contributed by atoms with E-state index in [-0.39, 0.29) is 12.5 Å². The first-order valence-electron chi connectivity index (χ1n) is 5.96. The van der Waals surface area contributed by atoms with Gasteiger partial charge < -0.3 is 10.1 Å². The molecule has 6 heteroatoms. The molecule has 106 valence electrons. The highest BCUT2D eigenvalue weighted by molar-refractivity contribution is 9.10. The minimum Gasteiger partial charge on any atom is -0.479 e. The van der Waals surface area contributed by atoms with Crippen LogP contribution in [0, 0.1) is 11.3 Å². The molecule has 0 fully saturated rings. The Kier molecular flexibility index (Phi) is 5.20. The maximum Gasteiger partial charge on any atom is 0.255 e. The van der Waals surface area contributed by atoms with Crippen molar-refractivity contribution in [2.75, 3.05) is 11.9 Å². The largest absolute Gasteiger partial charge is 0.479 e. The van der Waals surface area contributed by atoms with Crippen molar-refractivity contribution in [1.82, 2.24) is 0 Å². The van der Waals surface area contributed by atoms with Crippen molar-refractivity contribution in [1.29, 1.82) is 5.26 Å². The van der Waals surface area contributed by atoms with E-state index in [9.17, 15) is 4.79 Å². The van der Waals surface area contributed by atoms with Gasteiger partial charge in [-0.05, 0) is 30.3 Å². The fraction of sp³-hybridized carbons (Fsp3) is 0.0667. The molecule has 1 amide bonds. The summed E-state index contributed by atoms with van der Waals surface area (Å²) in [6, 6.07) is 13.7. The third-order valence-electron chi connectivity index (χ3n) is 2.52. The van der Waals surface area contributed by atoms with Gasteiger partial charge in [0.15, 0.2) is 6.61 Å². The molecule has 0 aliphatic heterocycles. The normalized spacial score (nSPS) is 9.76. The van der Waals surface area contributed by atoms with Gasteiger partial charge in [-0.15, -0.1) is 0 Å². The van der Waals surface area contributed by atoms with Crippen molar-refractivity contribution in [3.05, 3.63) is 57.5 Å². The highest BCUT2D eigenvalue weighted by atomic mass is 79.9. The van der Waals surface area contributed by atoms with Crippen LogP contribution in [0.4, 0.5) is 5.69 Å². The smallest absolute Gasteiger partial charge is 0.255 e. The first kappa shape index (κ1) is 15.4. The molecule has 0 bridgehead atoms. The van der Waals surface area contributed by atoms with Crippen LogP contribution in [-0.4, -0.2) is 12.5 Å². The van der Waals surface area contributed by atoms with Gasteiger partial charge in [0, 0.05) is 26.8 Å². The molecule has 21 heavy (non-hydrogen) atoms. The van der Waals surface area contributed by atoms with Gasteiger partial charge in [0.05, 0.1) is 0 Å². The van der Waals surface area contributed by atoms with E-state index in [1.807, 2.05) is 6.07 Å². The lowest BCUT2D eigenvalue weighted by molar-refractivity contribution is 0.102. The van der Waals surface area contributed by atoms with Gasteiger partial charge in [0.1, 0.15) is 11.8 Å². The molecule has 4 nitrogen and oxygen atoms in total. The fourth-order valence-corrected chi connectivity index (χ4v) is 2.53. The fourth-order valence-electron chi connectivity index (χ4n) is 1.67. The van der Waals surface area contributed by atoms with Crippen molar-refractivity contribution in [3.63, 3.8) is 0 Å². The van der Waals surface area contributed by atoms with Gasteiger partial charge in [0.2, 0.25) is 0 Å². The molecule has 0 saturated carbocycles. The number of ether oxygens (including phenoxy) is 1. The third kappa shape index (κ3) is 4.48. The van der Waals surface area contributed by atoms with Gasteiger partial charge in [-0.3, -0.25) is 4.79 Å². The Hall–Kier alpha value is -2.03. The van der Waals surface area contributed by atoms with Crippen LogP contribution in [-0.2, 0) is 0 Å². The zero-order valence-electron chi connectivity index (χ0n) is 10.8. The minimum atomic E-state index is -0.282. The average Bonchev–Trinajstić information content (AvgIpc) is 2.44. The number of amides is 1. The van der Waals surface area contributed by atoms with E-state index in [4.69, 9.17) is 21.6 Å². The number of benzene rings is 2. The predicted octanol–water partition coefficient (Wildman–Crippen LogP) is 4.26. The zero-order chi connectivity index (χ0) is 15.2. The Labute approximate surface area is 135 Å². The molecule has 0 radical (unpaired) electrons. The molecule has 1 N–H and O–H groups in total. The van der Waals surface area contributed by atoms with Crippen LogP contribution in [0.2, 0.25) is 5.02 Å². The Balaban J connectivity index is 2.14. The summed E-state index contributed by atoms with van der Waals surface area (Å²) < 4.78 is 5.91. The van der Waals surface area contributed by atoms with Gasteiger partial charge in [-0.2, -0.15) is 5.26 Å². The molecular weight excluding hydrogens is 356 g/mol. The summed E-state index contributed by atoms with van der Waals surface area (Å²) in [6.07, 6.45) is 0. The van der Waals surface area contributed by atoms with E-state index in [1.54, 1.807) is 42.5 Å². The van der Waals surface area contributed by atoms with Crippen molar-refractivity contribution < 1.29 is 9.53 Å². The highest BCUT2D eigenvalue weighted by Gasteiger charge is 2.08. The first-order valence-corrected chi connectivity index (χ1v) is 7.13. The zero-order valence-corrected chi connectivity index (χ0v) is 13.1. The Bertz CT molecular complexity index is 693. The summed E-state index contributed by atoms with van der Waals surface area (Å²) in [5, 5.41) is 11.7. The van der Waals surface area contributed by atoms with E-state index in [1.165, 1.54) is 0 Å². The number of halogens is 2. The number of nitrogens with zero attached hydrogens (tertiary/aromatic N) is 1. The second kappa shape index (κ2) is 7.11. The second-order valence-electron chi connectivity index (χ2n) is 4.09. The summed E-state index contributed by atoms with van der Waals surface area (Å²) in [4.78, 5) is 12.2. The first-order chi connectivity index (χ1) is 10.1. The average molecular weight is 366 g/mol. The number of anilines is 1. The van der Waals surface area contributed by atoms with Gasteiger partial charge >= 0.3 is 0 Å². The monoisotopic (exact) mass is 364 g/mol. The number of nitrogens with one attached hydrogen (secondary N) is 1. The molecule has 0 aromatic heterocycles. The summed E-state index contributed by atoms with van der Waals surface area (Å²) in [5.74, 6) is 0.234. The molecule has 0 unspecified atom stereocenters. The minimum absolute atomic E-state index is 0.0430. The molecule has 0 aliphatic carbocycles. The molecule has 0 spiro atoms. The molecule has 0 aliphatic rings. The van der Waals surface area contributed by atoms with Crippen LogP contribution < -0.4 is 10.1 Å². The lowest BCUT2D eigenvalue weighted by Crippen LogP contribution is -2.12. The molecular formula is C15H10BrClN2O2. The maximum atomic E-state index is 12.2.